The maximum absolute atomic E-state index is 14.1. The molecule has 1 N–H and O–H groups in total. The molecular formula is C23H33Cl2F2N3O4. The highest BCUT2D eigenvalue weighted by atomic mass is 35.5. The highest BCUT2D eigenvalue weighted by Gasteiger charge is 2.41. The molecule has 34 heavy (non-hydrogen) atoms. The normalized spacial score (nSPS) is 15.9. The van der Waals surface area contributed by atoms with Crippen LogP contribution in [0.3, 0.4) is 0 Å². The number of methoxy groups -OCH3 is 1. The fourth-order valence-corrected chi connectivity index (χ4v) is 3.93. The van der Waals surface area contributed by atoms with Crippen LogP contribution in [-0.2, 0) is 14.3 Å². The van der Waals surface area contributed by atoms with Crippen molar-refractivity contribution in [3.05, 3.63) is 57.9 Å². The lowest BCUT2D eigenvalue weighted by Crippen LogP contribution is -2.36. The molecule has 1 atom stereocenters. The predicted molar refractivity (Wildman–Crippen MR) is 131 cm³/mol. The van der Waals surface area contributed by atoms with Crippen molar-refractivity contribution < 1.29 is 28.2 Å². The third-order valence-corrected chi connectivity index (χ3v) is 5.45. The number of carbonyl (C=O) groups excluding carboxylic acids is 1. The lowest BCUT2D eigenvalue weighted by atomic mass is 9.78. The number of esters is 1. The Labute approximate surface area is 211 Å². The SMILES string of the molecule is COC(=O)C1=C(CCN(C)C)N(C)C(CCN(C)C)=C(C(=O)O)C1c1cc(F)cc(F)c1.Cl.Cl. The van der Waals surface area contributed by atoms with Gasteiger partial charge in [-0.2, -0.15) is 0 Å². The van der Waals surface area contributed by atoms with E-state index in [-0.39, 0.29) is 41.5 Å². The van der Waals surface area contributed by atoms with Gasteiger partial charge in [-0.25, -0.2) is 18.4 Å². The van der Waals surface area contributed by atoms with Crippen LogP contribution in [0.1, 0.15) is 24.3 Å². The second-order valence-electron chi connectivity index (χ2n) is 8.32. The van der Waals surface area contributed by atoms with E-state index < -0.39 is 29.5 Å². The third-order valence-electron chi connectivity index (χ3n) is 5.45. The largest absolute Gasteiger partial charge is 0.478 e. The van der Waals surface area contributed by atoms with E-state index in [2.05, 4.69) is 0 Å². The molecule has 0 aliphatic carbocycles. The number of hydrogen-bond acceptors (Lipinski definition) is 6. The van der Waals surface area contributed by atoms with E-state index in [1.165, 1.54) is 7.11 Å². The van der Waals surface area contributed by atoms with E-state index in [0.29, 0.717) is 43.4 Å². The number of carbonyl (C=O) groups is 2. The summed E-state index contributed by atoms with van der Waals surface area (Å²) in [7, 11) is 10.4. The molecule has 7 nitrogen and oxygen atoms in total. The van der Waals surface area contributed by atoms with Crippen LogP contribution < -0.4 is 0 Å². The van der Waals surface area contributed by atoms with E-state index in [1.54, 1.807) is 11.9 Å². The second kappa shape index (κ2) is 13.6. The number of rotatable bonds is 9. The first-order valence-electron chi connectivity index (χ1n) is 10.2. The van der Waals surface area contributed by atoms with E-state index in [0.717, 1.165) is 12.1 Å². The molecule has 0 aromatic heterocycles. The van der Waals surface area contributed by atoms with Crippen LogP contribution in [-0.4, -0.2) is 87.2 Å². The first-order valence-corrected chi connectivity index (χ1v) is 10.2. The van der Waals surface area contributed by atoms with Crippen LogP contribution in [0.25, 0.3) is 0 Å². The Morgan fingerprint density at radius 3 is 1.76 bits per heavy atom. The zero-order valence-corrected chi connectivity index (χ0v) is 21.9. The molecule has 0 fully saturated rings. The fourth-order valence-electron chi connectivity index (χ4n) is 3.93. The van der Waals surface area contributed by atoms with Crippen molar-refractivity contribution >= 4 is 36.8 Å². The molecule has 1 aliphatic heterocycles. The van der Waals surface area contributed by atoms with Crippen molar-refractivity contribution in [3.63, 3.8) is 0 Å². The van der Waals surface area contributed by atoms with Gasteiger partial charge < -0.3 is 24.5 Å². The fraction of sp³-hybridized carbons (Fsp3) is 0.478. The quantitative estimate of drug-likeness (QED) is 0.496. The van der Waals surface area contributed by atoms with Gasteiger partial charge in [-0.15, -0.1) is 24.8 Å². The highest BCUT2D eigenvalue weighted by molar-refractivity contribution is 5.99. The lowest BCUT2D eigenvalue weighted by Gasteiger charge is -2.38. The Morgan fingerprint density at radius 2 is 1.38 bits per heavy atom. The smallest absolute Gasteiger partial charge is 0.336 e. The van der Waals surface area contributed by atoms with Crippen molar-refractivity contribution in [3.8, 4) is 0 Å². The van der Waals surface area contributed by atoms with Gasteiger partial charge in [0.2, 0.25) is 0 Å². The van der Waals surface area contributed by atoms with Crippen LogP contribution >= 0.6 is 24.8 Å². The minimum Gasteiger partial charge on any atom is -0.478 e. The number of hydrogen-bond donors (Lipinski definition) is 1. The molecule has 1 aliphatic rings. The average molecular weight is 524 g/mol. The summed E-state index contributed by atoms with van der Waals surface area (Å²) < 4.78 is 33.3. The summed E-state index contributed by atoms with van der Waals surface area (Å²) in [6.07, 6.45) is 0.792. The van der Waals surface area contributed by atoms with Gasteiger partial charge in [0.15, 0.2) is 0 Å². The second-order valence-corrected chi connectivity index (χ2v) is 8.32. The van der Waals surface area contributed by atoms with Crippen LogP contribution in [0.2, 0.25) is 0 Å². The summed E-state index contributed by atoms with van der Waals surface area (Å²) in [5, 5.41) is 10.2. The molecule has 1 unspecified atom stereocenters. The van der Waals surface area contributed by atoms with Gasteiger partial charge >= 0.3 is 11.9 Å². The molecule has 0 amide bonds. The molecule has 0 bridgehead atoms. The number of ether oxygens (including phenoxy) is 1. The first kappa shape index (κ1) is 31.8. The summed E-state index contributed by atoms with van der Waals surface area (Å²) in [6.45, 7) is 1.13. The highest BCUT2D eigenvalue weighted by Crippen LogP contribution is 2.44. The van der Waals surface area contributed by atoms with Crippen molar-refractivity contribution in [1.82, 2.24) is 14.7 Å². The van der Waals surface area contributed by atoms with Gasteiger partial charge in [0.1, 0.15) is 11.6 Å². The van der Waals surface area contributed by atoms with Gasteiger partial charge in [-0.3, -0.25) is 0 Å². The zero-order chi connectivity index (χ0) is 24.2. The number of nitrogens with zero attached hydrogens (tertiary/aromatic N) is 3. The molecular weight excluding hydrogens is 491 g/mol. The van der Waals surface area contributed by atoms with E-state index in [4.69, 9.17) is 4.74 Å². The Morgan fingerprint density at radius 1 is 0.941 bits per heavy atom. The summed E-state index contributed by atoms with van der Waals surface area (Å²) in [5.74, 6) is -4.86. The Balaban J connectivity index is 0.00000544. The van der Waals surface area contributed by atoms with Crippen molar-refractivity contribution in [1.29, 1.82) is 0 Å². The maximum Gasteiger partial charge on any atom is 0.336 e. The predicted octanol–water partition coefficient (Wildman–Crippen LogP) is 3.51. The first-order chi connectivity index (χ1) is 15.0. The van der Waals surface area contributed by atoms with Gasteiger partial charge in [-0.05, 0) is 45.9 Å². The number of aliphatic carboxylic acids is 1. The number of carboxylic acids is 1. The number of benzene rings is 1. The minimum absolute atomic E-state index is 0. The molecule has 0 radical (unpaired) electrons. The number of halogens is 4. The monoisotopic (exact) mass is 523 g/mol. The molecule has 1 aromatic carbocycles. The standard InChI is InChI=1S/C23H31F2N3O4.2ClH/c1-26(2)9-7-17-20(22(29)30)19(14-11-15(24)13-16(25)12-14)21(23(31)32-6)18(28(17)5)8-10-27(3)4;;/h11-13,19H,7-10H2,1-6H3,(H,29,30);2*1H. The van der Waals surface area contributed by atoms with Gasteiger partial charge in [0, 0.05) is 50.4 Å². The number of carboxylic acid groups (broad SMARTS) is 1. The maximum atomic E-state index is 14.1. The van der Waals surface area contributed by atoms with Crippen LogP contribution in [0, 0.1) is 11.6 Å². The van der Waals surface area contributed by atoms with Gasteiger partial charge in [-0.1, -0.05) is 0 Å². The van der Waals surface area contributed by atoms with Gasteiger partial charge in [0.05, 0.1) is 24.2 Å². The summed E-state index contributed by atoms with van der Waals surface area (Å²) in [5.41, 5.74) is 1.10. The third kappa shape index (κ3) is 7.40. The molecule has 0 saturated heterocycles. The van der Waals surface area contributed by atoms with Gasteiger partial charge in [0.25, 0.3) is 0 Å². The minimum atomic E-state index is -1.26. The summed E-state index contributed by atoms with van der Waals surface area (Å²) >= 11 is 0. The van der Waals surface area contributed by atoms with E-state index in [9.17, 15) is 23.5 Å². The van der Waals surface area contributed by atoms with Crippen LogP contribution in [0.5, 0.6) is 0 Å². The topological polar surface area (TPSA) is 73.3 Å². The van der Waals surface area contributed by atoms with Crippen LogP contribution in [0.15, 0.2) is 40.7 Å². The summed E-state index contributed by atoms with van der Waals surface area (Å²) in [6, 6.07) is 2.85. The lowest BCUT2D eigenvalue weighted by molar-refractivity contribution is -0.136. The Kier molecular flexibility index (Phi) is 12.7. The summed E-state index contributed by atoms with van der Waals surface area (Å²) in [4.78, 5) is 31.0. The molecule has 11 heteroatoms. The zero-order valence-electron chi connectivity index (χ0n) is 20.2. The van der Waals surface area contributed by atoms with Crippen molar-refractivity contribution in [2.75, 3.05) is 55.4 Å². The van der Waals surface area contributed by atoms with Crippen molar-refractivity contribution in [2.24, 2.45) is 0 Å². The Bertz CT molecular complexity index is 932. The molecule has 2 rings (SSSR count). The van der Waals surface area contributed by atoms with Crippen molar-refractivity contribution in [2.45, 2.75) is 18.8 Å². The molecule has 0 spiro atoms. The Hall–Kier alpha value is -2.20. The molecule has 0 saturated carbocycles. The molecule has 1 heterocycles. The molecule has 192 valence electrons. The van der Waals surface area contributed by atoms with Crippen LogP contribution in [0.4, 0.5) is 8.78 Å². The average Bonchev–Trinajstić information content (AvgIpc) is 2.69. The van der Waals surface area contributed by atoms with E-state index in [1.807, 2.05) is 38.0 Å². The molecule has 1 aromatic rings. The van der Waals surface area contributed by atoms with E-state index >= 15 is 0 Å².